The van der Waals surface area contributed by atoms with Gasteiger partial charge in [-0.15, -0.1) is 16.4 Å². The SMILES string of the molecule is O=C(O)CCc1cn(Cc2ccc(Br)s2)nn1. The van der Waals surface area contributed by atoms with Crippen LogP contribution in [0.25, 0.3) is 0 Å². The molecule has 17 heavy (non-hydrogen) atoms. The lowest BCUT2D eigenvalue weighted by atomic mass is 10.2. The standard InChI is InChI=1S/C10H10BrN3O2S/c11-9-3-2-8(17-9)6-14-5-7(12-13-14)1-4-10(15)16/h2-3,5H,1,4,6H2,(H,15,16). The van der Waals surface area contributed by atoms with Gasteiger partial charge < -0.3 is 5.11 Å². The summed E-state index contributed by atoms with van der Waals surface area (Å²) in [5.74, 6) is -0.818. The van der Waals surface area contributed by atoms with E-state index in [1.54, 1.807) is 22.2 Å². The summed E-state index contributed by atoms with van der Waals surface area (Å²) in [6, 6.07) is 4.01. The van der Waals surface area contributed by atoms with E-state index < -0.39 is 5.97 Å². The van der Waals surface area contributed by atoms with E-state index in [1.807, 2.05) is 12.1 Å². The van der Waals surface area contributed by atoms with Crippen LogP contribution in [-0.2, 0) is 17.8 Å². The minimum Gasteiger partial charge on any atom is -0.481 e. The molecule has 90 valence electrons. The Hall–Kier alpha value is -1.21. The zero-order valence-electron chi connectivity index (χ0n) is 8.84. The Morgan fingerprint density at radius 1 is 1.53 bits per heavy atom. The van der Waals surface area contributed by atoms with Crippen LogP contribution in [0.2, 0.25) is 0 Å². The maximum Gasteiger partial charge on any atom is 0.303 e. The Balaban J connectivity index is 1.96. The van der Waals surface area contributed by atoms with Gasteiger partial charge in [0, 0.05) is 17.5 Å². The van der Waals surface area contributed by atoms with E-state index in [1.165, 1.54) is 4.88 Å². The molecule has 0 fully saturated rings. The van der Waals surface area contributed by atoms with Crippen LogP contribution in [0.5, 0.6) is 0 Å². The molecule has 5 nitrogen and oxygen atoms in total. The molecule has 0 saturated carbocycles. The molecule has 1 N–H and O–H groups in total. The van der Waals surface area contributed by atoms with Crippen molar-refractivity contribution < 1.29 is 9.90 Å². The molecule has 0 unspecified atom stereocenters. The third-order valence-electron chi connectivity index (χ3n) is 2.13. The van der Waals surface area contributed by atoms with Gasteiger partial charge in [-0.25, -0.2) is 4.68 Å². The van der Waals surface area contributed by atoms with Crippen molar-refractivity contribution in [2.24, 2.45) is 0 Å². The molecule has 2 heterocycles. The zero-order chi connectivity index (χ0) is 12.3. The highest BCUT2D eigenvalue weighted by Crippen LogP contribution is 2.22. The maximum absolute atomic E-state index is 10.4. The van der Waals surface area contributed by atoms with Crippen LogP contribution in [0.15, 0.2) is 22.1 Å². The van der Waals surface area contributed by atoms with Crippen molar-refractivity contribution in [1.82, 2.24) is 15.0 Å². The minimum absolute atomic E-state index is 0.0866. The molecule has 0 aliphatic rings. The first-order valence-electron chi connectivity index (χ1n) is 4.98. The van der Waals surface area contributed by atoms with Crippen LogP contribution < -0.4 is 0 Å². The van der Waals surface area contributed by atoms with E-state index >= 15 is 0 Å². The zero-order valence-corrected chi connectivity index (χ0v) is 11.2. The number of hydrogen-bond donors (Lipinski definition) is 1. The fourth-order valence-electron chi connectivity index (χ4n) is 1.36. The molecule has 0 amide bonds. The summed E-state index contributed by atoms with van der Waals surface area (Å²) in [5.41, 5.74) is 0.711. The summed E-state index contributed by atoms with van der Waals surface area (Å²) in [7, 11) is 0. The largest absolute Gasteiger partial charge is 0.481 e. The summed E-state index contributed by atoms with van der Waals surface area (Å²) in [6.45, 7) is 0.663. The second-order valence-electron chi connectivity index (χ2n) is 3.51. The quantitative estimate of drug-likeness (QED) is 0.918. The molecule has 0 aliphatic carbocycles. The number of rotatable bonds is 5. The van der Waals surface area contributed by atoms with Gasteiger partial charge in [-0.3, -0.25) is 4.79 Å². The normalized spacial score (nSPS) is 10.6. The van der Waals surface area contributed by atoms with Crippen LogP contribution in [0, 0.1) is 0 Å². The topological polar surface area (TPSA) is 68.0 Å². The van der Waals surface area contributed by atoms with Gasteiger partial charge in [0.1, 0.15) is 0 Å². The third-order valence-corrected chi connectivity index (χ3v) is 3.74. The van der Waals surface area contributed by atoms with E-state index in [2.05, 4.69) is 26.2 Å². The maximum atomic E-state index is 10.4. The van der Waals surface area contributed by atoms with Crippen molar-refractivity contribution in [2.75, 3.05) is 0 Å². The van der Waals surface area contributed by atoms with E-state index in [9.17, 15) is 4.79 Å². The van der Waals surface area contributed by atoms with Crippen molar-refractivity contribution in [3.05, 3.63) is 32.7 Å². The van der Waals surface area contributed by atoms with Crippen LogP contribution in [0.3, 0.4) is 0 Å². The minimum atomic E-state index is -0.818. The molecule has 2 aromatic rings. The van der Waals surface area contributed by atoms with Crippen molar-refractivity contribution in [1.29, 1.82) is 0 Å². The highest BCUT2D eigenvalue weighted by atomic mass is 79.9. The number of thiophene rings is 1. The summed E-state index contributed by atoms with van der Waals surface area (Å²) in [6.07, 6.45) is 2.29. The fourth-order valence-corrected chi connectivity index (χ4v) is 2.84. The van der Waals surface area contributed by atoms with Crippen molar-refractivity contribution in [3.8, 4) is 0 Å². The molecule has 0 aromatic carbocycles. The lowest BCUT2D eigenvalue weighted by molar-refractivity contribution is -0.136. The lowest BCUT2D eigenvalue weighted by Crippen LogP contribution is -1.98. The van der Waals surface area contributed by atoms with E-state index in [-0.39, 0.29) is 6.42 Å². The number of aryl methyl sites for hydroxylation is 1. The first-order chi connectivity index (χ1) is 8.13. The van der Waals surface area contributed by atoms with Gasteiger partial charge in [-0.2, -0.15) is 0 Å². The number of carboxylic acid groups (broad SMARTS) is 1. The molecule has 2 rings (SSSR count). The Morgan fingerprint density at radius 2 is 2.35 bits per heavy atom. The Morgan fingerprint density at radius 3 is 3.00 bits per heavy atom. The van der Waals surface area contributed by atoms with Crippen LogP contribution in [0.1, 0.15) is 17.0 Å². The number of hydrogen-bond acceptors (Lipinski definition) is 4. The highest BCUT2D eigenvalue weighted by molar-refractivity contribution is 9.11. The molecule has 0 spiro atoms. The first-order valence-corrected chi connectivity index (χ1v) is 6.59. The number of aromatic nitrogens is 3. The number of carboxylic acids is 1. The molecule has 0 saturated heterocycles. The molecule has 0 bridgehead atoms. The molecule has 0 atom stereocenters. The summed E-state index contributed by atoms with van der Waals surface area (Å²) in [5, 5.41) is 16.5. The van der Waals surface area contributed by atoms with Gasteiger partial charge >= 0.3 is 5.97 Å². The summed E-state index contributed by atoms with van der Waals surface area (Å²) in [4.78, 5) is 11.6. The van der Waals surface area contributed by atoms with Crippen LogP contribution in [0.4, 0.5) is 0 Å². The van der Waals surface area contributed by atoms with E-state index in [4.69, 9.17) is 5.11 Å². The Bertz CT molecular complexity index is 523. The average molecular weight is 316 g/mol. The summed E-state index contributed by atoms with van der Waals surface area (Å²) < 4.78 is 2.80. The lowest BCUT2D eigenvalue weighted by Gasteiger charge is -1.95. The highest BCUT2D eigenvalue weighted by Gasteiger charge is 2.05. The molecule has 7 heteroatoms. The van der Waals surface area contributed by atoms with Crippen molar-refractivity contribution in [2.45, 2.75) is 19.4 Å². The van der Waals surface area contributed by atoms with Crippen molar-refractivity contribution in [3.63, 3.8) is 0 Å². The monoisotopic (exact) mass is 315 g/mol. The van der Waals surface area contributed by atoms with Gasteiger partial charge in [0.15, 0.2) is 0 Å². The molecular weight excluding hydrogens is 306 g/mol. The number of aliphatic carboxylic acids is 1. The number of nitrogens with zero attached hydrogens (tertiary/aromatic N) is 3. The third kappa shape index (κ3) is 3.64. The fraction of sp³-hybridized carbons (Fsp3) is 0.300. The number of carbonyl (C=O) groups is 1. The molecular formula is C10H10BrN3O2S. The average Bonchev–Trinajstić information content (AvgIpc) is 2.86. The molecule has 2 aromatic heterocycles. The van der Waals surface area contributed by atoms with Gasteiger partial charge in [-0.05, 0) is 28.1 Å². The van der Waals surface area contributed by atoms with Gasteiger partial charge in [0.25, 0.3) is 0 Å². The van der Waals surface area contributed by atoms with Gasteiger partial charge in [-0.1, -0.05) is 5.21 Å². The smallest absolute Gasteiger partial charge is 0.303 e. The number of halogens is 1. The second kappa shape index (κ2) is 5.42. The predicted molar refractivity (Wildman–Crippen MR) is 67.1 cm³/mol. The van der Waals surface area contributed by atoms with Gasteiger partial charge in [0.2, 0.25) is 0 Å². The summed E-state index contributed by atoms with van der Waals surface area (Å²) >= 11 is 5.04. The van der Waals surface area contributed by atoms with E-state index in [0.717, 1.165) is 3.79 Å². The molecule has 0 radical (unpaired) electrons. The van der Waals surface area contributed by atoms with Gasteiger partial charge in [0.05, 0.1) is 22.4 Å². The Kier molecular flexibility index (Phi) is 3.90. The van der Waals surface area contributed by atoms with Crippen LogP contribution >= 0.6 is 27.3 Å². The first kappa shape index (κ1) is 12.3. The second-order valence-corrected chi connectivity index (χ2v) is 6.05. The van der Waals surface area contributed by atoms with Crippen LogP contribution in [-0.4, -0.2) is 26.1 Å². The molecule has 0 aliphatic heterocycles. The van der Waals surface area contributed by atoms with E-state index in [0.29, 0.717) is 18.7 Å². The Labute approximate surface area is 110 Å². The predicted octanol–water partition coefficient (Wildman–Crippen LogP) is 2.17. The van der Waals surface area contributed by atoms with Crippen molar-refractivity contribution >= 4 is 33.2 Å².